The molecule has 1 aromatic rings. The molecule has 1 aliphatic rings. The van der Waals surface area contributed by atoms with Gasteiger partial charge in [-0.2, -0.15) is 0 Å². The maximum Gasteiger partial charge on any atom is 0.253 e. The number of hydrogen-bond donors (Lipinski definition) is 0. The smallest absolute Gasteiger partial charge is 0.253 e. The first-order valence-electron chi connectivity index (χ1n) is 9.38. The highest BCUT2D eigenvalue weighted by Crippen LogP contribution is 2.08. The van der Waals surface area contributed by atoms with E-state index in [0.717, 1.165) is 11.2 Å². The number of imide groups is 1. The molecule has 0 unspecified atom stereocenters. The van der Waals surface area contributed by atoms with Crippen molar-refractivity contribution in [1.82, 2.24) is 19.9 Å². The molecule has 2 heterocycles. The Morgan fingerprint density at radius 2 is 1.38 bits per heavy atom. The Labute approximate surface area is 168 Å². The van der Waals surface area contributed by atoms with Crippen LogP contribution >= 0.6 is 0 Å². The molecule has 1 aromatic heterocycles. The SMILES string of the molecule is O=CCCOCCOCCOCCOCCn1cc(CN2C(=O)C=CC2=O)nn1. The molecule has 0 N–H and O–H groups in total. The van der Waals surface area contributed by atoms with E-state index in [0.29, 0.717) is 71.5 Å². The van der Waals surface area contributed by atoms with Gasteiger partial charge in [0, 0.05) is 18.6 Å². The second-order valence-electron chi connectivity index (χ2n) is 5.97. The van der Waals surface area contributed by atoms with Gasteiger partial charge in [0.05, 0.1) is 72.1 Å². The largest absolute Gasteiger partial charge is 0.379 e. The first-order valence-corrected chi connectivity index (χ1v) is 9.38. The molecule has 1 aliphatic heterocycles. The Morgan fingerprint density at radius 3 is 1.97 bits per heavy atom. The van der Waals surface area contributed by atoms with E-state index < -0.39 is 0 Å². The zero-order valence-electron chi connectivity index (χ0n) is 16.2. The van der Waals surface area contributed by atoms with Crippen molar-refractivity contribution in [2.24, 2.45) is 0 Å². The lowest BCUT2D eigenvalue weighted by Gasteiger charge is -2.10. The summed E-state index contributed by atoms with van der Waals surface area (Å²) in [5.41, 5.74) is 0.535. The van der Waals surface area contributed by atoms with Crippen molar-refractivity contribution in [2.45, 2.75) is 19.5 Å². The Hall–Kier alpha value is -2.47. The number of carbonyl (C=O) groups excluding carboxylic acids is 3. The van der Waals surface area contributed by atoms with E-state index in [1.165, 1.54) is 12.2 Å². The standard InChI is InChI=1S/C18H26N4O7/c23-5-1-6-26-8-10-28-12-13-29-11-9-27-7-4-21-14-16(19-20-21)15-22-17(24)2-3-18(22)25/h2-3,5,14H,1,4,6-13,15H2. The molecule has 0 bridgehead atoms. The molecule has 0 aliphatic carbocycles. The zero-order valence-corrected chi connectivity index (χ0v) is 16.2. The first-order chi connectivity index (χ1) is 14.2. The van der Waals surface area contributed by atoms with Crippen LogP contribution in [0.25, 0.3) is 0 Å². The van der Waals surface area contributed by atoms with E-state index in [1.54, 1.807) is 10.9 Å². The maximum absolute atomic E-state index is 11.5. The van der Waals surface area contributed by atoms with Gasteiger partial charge in [-0.1, -0.05) is 5.21 Å². The Kier molecular flexibility index (Phi) is 10.7. The quantitative estimate of drug-likeness (QED) is 0.187. The molecule has 2 rings (SSSR count). The van der Waals surface area contributed by atoms with Crippen LogP contribution in [0.4, 0.5) is 0 Å². The van der Waals surface area contributed by atoms with Gasteiger partial charge in [-0.15, -0.1) is 5.10 Å². The lowest BCUT2D eigenvalue weighted by Crippen LogP contribution is -2.29. The van der Waals surface area contributed by atoms with Gasteiger partial charge in [-0.25, -0.2) is 4.68 Å². The molecule has 2 amide bonds. The van der Waals surface area contributed by atoms with Crippen LogP contribution in [-0.2, 0) is 46.4 Å². The Balaban J connectivity index is 1.41. The monoisotopic (exact) mass is 410 g/mol. The summed E-state index contributed by atoms with van der Waals surface area (Å²) in [6, 6.07) is 0. The molecule has 160 valence electrons. The number of aldehydes is 1. The molecule has 29 heavy (non-hydrogen) atoms. The van der Waals surface area contributed by atoms with Crippen LogP contribution in [0.5, 0.6) is 0 Å². The third-order valence-corrected chi connectivity index (χ3v) is 3.77. The van der Waals surface area contributed by atoms with Crippen molar-refractivity contribution in [2.75, 3.05) is 52.9 Å². The van der Waals surface area contributed by atoms with Gasteiger partial charge in [0.2, 0.25) is 0 Å². The van der Waals surface area contributed by atoms with E-state index in [1.807, 2.05) is 0 Å². The summed E-state index contributed by atoms with van der Waals surface area (Å²) in [7, 11) is 0. The van der Waals surface area contributed by atoms with Crippen molar-refractivity contribution in [3.8, 4) is 0 Å². The number of nitrogens with zero attached hydrogens (tertiary/aromatic N) is 4. The number of rotatable bonds is 17. The number of hydrogen-bond acceptors (Lipinski definition) is 9. The summed E-state index contributed by atoms with van der Waals surface area (Å²) >= 11 is 0. The van der Waals surface area contributed by atoms with Crippen LogP contribution in [0.3, 0.4) is 0 Å². The highest BCUT2D eigenvalue weighted by atomic mass is 16.6. The molecule has 0 saturated carbocycles. The van der Waals surface area contributed by atoms with Crippen LogP contribution in [-0.4, -0.2) is 90.8 Å². The summed E-state index contributed by atoms with van der Waals surface area (Å²) < 4.78 is 22.9. The highest BCUT2D eigenvalue weighted by molar-refractivity contribution is 6.12. The van der Waals surface area contributed by atoms with Gasteiger partial charge in [-0.3, -0.25) is 14.5 Å². The third kappa shape index (κ3) is 9.05. The van der Waals surface area contributed by atoms with E-state index >= 15 is 0 Å². The number of ether oxygens (including phenoxy) is 4. The number of carbonyl (C=O) groups is 3. The summed E-state index contributed by atoms with van der Waals surface area (Å²) in [6.07, 6.45) is 5.38. The van der Waals surface area contributed by atoms with Gasteiger partial charge in [0.25, 0.3) is 11.8 Å². The second-order valence-corrected chi connectivity index (χ2v) is 5.97. The van der Waals surface area contributed by atoms with Crippen molar-refractivity contribution in [1.29, 1.82) is 0 Å². The van der Waals surface area contributed by atoms with Crippen molar-refractivity contribution in [3.63, 3.8) is 0 Å². The minimum absolute atomic E-state index is 0.103. The normalized spacial score (nSPS) is 13.6. The lowest BCUT2D eigenvalue weighted by atomic mass is 10.4. The molecule has 11 heteroatoms. The highest BCUT2D eigenvalue weighted by Gasteiger charge is 2.24. The van der Waals surface area contributed by atoms with E-state index in [4.69, 9.17) is 18.9 Å². The van der Waals surface area contributed by atoms with Gasteiger partial charge < -0.3 is 23.7 Å². The fourth-order valence-electron chi connectivity index (χ4n) is 2.32. The van der Waals surface area contributed by atoms with Gasteiger partial charge in [0.15, 0.2) is 0 Å². The summed E-state index contributed by atoms with van der Waals surface area (Å²) in [5, 5.41) is 7.90. The topological polar surface area (TPSA) is 122 Å². The second kappa shape index (κ2) is 13.7. The van der Waals surface area contributed by atoms with Crippen LogP contribution in [0, 0.1) is 0 Å². The fourth-order valence-corrected chi connectivity index (χ4v) is 2.32. The Bertz CT molecular complexity index is 659. The average molecular weight is 410 g/mol. The molecule has 0 fully saturated rings. The van der Waals surface area contributed by atoms with E-state index in [2.05, 4.69) is 10.3 Å². The zero-order chi connectivity index (χ0) is 20.7. The summed E-state index contributed by atoms with van der Waals surface area (Å²) in [4.78, 5) is 34.2. The third-order valence-electron chi connectivity index (χ3n) is 3.77. The predicted octanol–water partition coefficient (Wildman–Crippen LogP) is -0.641. The van der Waals surface area contributed by atoms with Crippen molar-refractivity contribution >= 4 is 18.1 Å². The molecule has 0 saturated heterocycles. The van der Waals surface area contributed by atoms with Gasteiger partial charge in [0.1, 0.15) is 12.0 Å². The molecule has 0 atom stereocenters. The molecular formula is C18H26N4O7. The van der Waals surface area contributed by atoms with Crippen molar-refractivity contribution < 1.29 is 33.3 Å². The molecule has 0 aromatic carbocycles. The number of amides is 2. The average Bonchev–Trinajstić information content (AvgIpc) is 3.30. The van der Waals surface area contributed by atoms with Crippen LogP contribution in [0.2, 0.25) is 0 Å². The Morgan fingerprint density at radius 1 is 0.828 bits per heavy atom. The lowest BCUT2D eigenvalue weighted by molar-refractivity contribution is -0.137. The van der Waals surface area contributed by atoms with Crippen molar-refractivity contribution in [3.05, 3.63) is 24.0 Å². The first kappa shape index (κ1) is 22.8. The maximum atomic E-state index is 11.5. The van der Waals surface area contributed by atoms with E-state index in [9.17, 15) is 14.4 Å². The molecule has 11 nitrogen and oxygen atoms in total. The van der Waals surface area contributed by atoms with Gasteiger partial charge in [-0.05, 0) is 0 Å². The van der Waals surface area contributed by atoms with Gasteiger partial charge >= 0.3 is 0 Å². The predicted molar refractivity (Wildman–Crippen MR) is 98.7 cm³/mol. The number of aromatic nitrogens is 3. The van der Waals surface area contributed by atoms with E-state index in [-0.39, 0.29) is 18.4 Å². The summed E-state index contributed by atoms with van der Waals surface area (Å²) in [6.45, 7) is 4.22. The fraction of sp³-hybridized carbons (Fsp3) is 0.611. The summed E-state index contributed by atoms with van der Waals surface area (Å²) in [5.74, 6) is -0.692. The minimum atomic E-state index is -0.346. The van der Waals surface area contributed by atoms with Crippen LogP contribution in [0.1, 0.15) is 12.1 Å². The van der Waals surface area contributed by atoms with Crippen LogP contribution in [0.15, 0.2) is 18.3 Å². The molecule has 0 spiro atoms. The minimum Gasteiger partial charge on any atom is -0.379 e. The molecule has 0 radical (unpaired) electrons. The van der Waals surface area contributed by atoms with Crippen LogP contribution < -0.4 is 0 Å². The molecular weight excluding hydrogens is 384 g/mol.